The van der Waals surface area contributed by atoms with E-state index in [0.717, 1.165) is 12.8 Å². The lowest BCUT2D eigenvalue weighted by Crippen LogP contribution is -2.51. The molecule has 0 aromatic carbocycles. The number of nitrogens with one attached hydrogen (secondary N) is 1. The second-order valence-corrected chi connectivity index (χ2v) is 5.27. The number of nitrogens with two attached hydrogens (primary N) is 1. The highest BCUT2D eigenvalue weighted by Crippen LogP contribution is 2.11. The maximum Gasteiger partial charge on any atom is 0.407 e. The van der Waals surface area contributed by atoms with Gasteiger partial charge in [-0.15, -0.1) is 0 Å². The van der Waals surface area contributed by atoms with Gasteiger partial charge in [0.15, 0.2) is 0 Å². The van der Waals surface area contributed by atoms with Gasteiger partial charge < -0.3 is 20.7 Å². The molecule has 0 saturated carbocycles. The van der Waals surface area contributed by atoms with Crippen LogP contribution >= 0.6 is 0 Å². The molecule has 1 aliphatic heterocycles. The Kier molecular flexibility index (Phi) is 4.20. The fraction of sp³-hybridized carbons (Fsp3) is 0.818. The molecule has 1 saturated heterocycles. The Hall–Kier alpha value is -1.46. The van der Waals surface area contributed by atoms with Crippen LogP contribution in [0.3, 0.4) is 0 Å². The Morgan fingerprint density at radius 1 is 1.41 bits per heavy atom. The number of likely N-dealkylation sites (tertiary alicyclic amines) is 1. The van der Waals surface area contributed by atoms with E-state index in [1.54, 1.807) is 0 Å². The maximum atomic E-state index is 11.5. The summed E-state index contributed by atoms with van der Waals surface area (Å²) in [4.78, 5) is 24.1. The van der Waals surface area contributed by atoms with Gasteiger partial charge >= 0.3 is 12.1 Å². The van der Waals surface area contributed by atoms with Gasteiger partial charge in [0.05, 0.1) is 0 Å². The molecule has 0 aromatic heterocycles. The second kappa shape index (κ2) is 5.25. The first-order valence-electron chi connectivity index (χ1n) is 5.82. The summed E-state index contributed by atoms with van der Waals surface area (Å²) in [6.45, 7) is 6.53. The standard InChI is InChI=1S/C11H21N3O3/c1-11(2,3)17-10(16)13-8-5-4-6-14(7-8)9(12)15/h8H,4-7H2,1-3H3,(H2,12,15)(H,13,16). The molecule has 1 fully saturated rings. The Morgan fingerprint density at radius 2 is 2.06 bits per heavy atom. The average molecular weight is 243 g/mol. The molecule has 3 N–H and O–H groups in total. The molecular formula is C11H21N3O3. The number of rotatable bonds is 1. The van der Waals surface area contributed by atoms with E-state index in [-0.39, 0.29) is 6.04 Å². The van der Waals surface area contributed by atoms with Gasteiger partial charge in [0.2, 0.25) is 0 Å². The topological polar surface area (TPSA) is 84.7 Å². The lowest BCUT2D eigenvalue weighted by molar-refractivity contribution is 0.0480. The van der Waals surface area contributed by atoms with E-state index in [0.29, 0.717) is 13.1 Å². The van der Waals surface area contributed by atoms with E-state index in [1.165, 1.54) is 4.90 Å². The van der Waals surface area contributed by atoms with E-state index in [4.69, 9.17) is 10.5 Å². The number of alkyl carbamates (subject to hydrolysis) is 1. The van der Waals surface area contributed by atoms with Crippen LogP contribution in [0, 0.1) is 0 Å². The number of nitrogens with zero attached hydrogens (tertiary/aromatic N) is 1. The summed E-state index contributed by atoms with van der Waals surface area (Å²) in [5.74, 6) is 0. The monoisotopic (exact) mass is 243 g/mol. The number of carbonyl (C=O) groups is 2. The Balaban J connectivity index is 2.41. The van der Waals surface area contributed by atoms with Gasteiger partial charge in [0, 0.05) is 19.1 Å². The van der Waals surface area contributed by atoms with Crippen molar-refractivity contribution in [3.05, 3.63) is 0 Å². The molecule has 6 nitrogen and oxygen atoms in total. The highest BCUT2D eigenvalue weighted by atomic mass is 16.6. The number of primary amides is 1. The van der Waals surface area contributed by atoms with E-state index in [1.807, 2.05) is 20.8 Å². The van der Waals surface area contributed by atoms with E-state index in [2.05, 4.69) is 5.32 Å². The molecule has 1 rings (SSSR count). The molecule has 17 heavy (non-hydrogen) atoms. The zero-order valence-electron chi connectivity index (χ0n) is 10.7. The van der Waals surface area contributed by atoms with Crippen LogP contribution in [0.4, 0.5) is 9.59 Å². The number of piperidine rings is 1. The van der Waals surface area contributed by atoms with Crippen molar-refractivity contribution in [1.29, 1.82) is 0 Å². The Bertz CT molecular complexity index is 299. The second-order valence-electron chi connectivity index (χ2n) is 5.27. The van der Waals surface area contributed by atoms with Crippen molar-refractivity contribution in [2.24, 2.45) is 5.73 Å². The number of amides is 3. The number of carbonyl (C=O) groups excluding carboxylic acids is 2. The molecule has 1 heterocycles. The average Bonchev–Trinajstić information content (AvgIpc) is 2.14. The zero-order chi connectivity index (χ0) is 13.1. The molecule has 0 radical (unpaired) electrons. The van der Waals surface area contributed by atoms with E-state index in [9.17, 15) is 9.59 Å². The smallest absolute Gasteiger partial charge is 0.407 e. The van der Waals surface area contributed by atoms with Crippen LogP contribution in [0.15, 0.2) is 0 Å². The van der Waals surface area contributed by atoms with Crippen molar-refractivity contribution >= 4 is 12.1 Å². The minimum atomic E-state index is -0.512. The molecule has 0 spiro atoms. The molecule has 6 heteroatoms. The lowest BCUT2D eigenvalue weighted by Gasteiger charge is -2.32. The van der Waals surface area contributed by atoms with Crippen molar-refractivity contribution in [3.8, 4) is 0 Å². The largest absolute Gasteiger partial charge is 0.444 e. The van der Waals surface area contributed by atoms with Crippen LogP contribution in [-0.2, 0) is 4.74 Å². The number of hydrogen-bond donors (Lipinski definition) is 2. The van der Waals surface area contributed by atoms with Crippen LogP contribution in [0.1, 0.15) is 33.6 Å². The number of hydrogen-bond acceptors (Lipinski definition) is 3. The van der Waals surface area contributed by atoms with Crippen molar-refractivity contribution in [3.63, 3.8) is 0 Å². The van der Waals surface area contributed by atoms with Crippen molar-refractivity contribution in [2.75, 3.05) is 13.1 Å². The predicted octanol–water partition coefficient (Wildman–Crippen LogP) is 1.05. The highest BCUT2D eigenvalue weighted by Gasteiger charge is 2.25. The molecule has 1 atom stereocenters. The summed E-state index contributed by atoms with van der Waals surface area (Å²) < 4.78 is 5.15. The van der Waals surface area contributed by atoms with Gasteiger partial charge in [0.1, 0.15) is 5.60 Å². The van der Waals surface area contributed by atoms with Crippen LogP contribution in [0.5, 0.6) is 0 Å². The summed E-state index contributed by atoms with van der Waals surface area (Å²) in [5, 5.41) is 2.75. The molecule has 98 valence electrons. The van der Waals surface area contributed by atoms with Gasteiger partial charge in [-0.05, 0) is 33.6 Å². The molecule has 1 aliphatic rings. The fourth-order valence-corrected chi connectivity index (χ4v) is 1.77. The van der Waals surface area contributed by atoms with Gasteiger partial charge in [-0.1, -0.05) is 0 Å². The molecule has 0 bridgehead atoms. The van der Waals surface area contributed by atoms with E-state index >= 15 is 0 Å². The van der Waals surface area contributed by atoms with Crippen molar-refractivity contribution < 1.29 is 14.3 Å². The third kappa shape index (κ3) is 4.93. The first kappa shape index (κ1) is 13.6. The van der Waals surface area contributed by atoms with Gasteiger partial charge in [0.25, 0.3) is 0 Å². The summed E-state index contributed by atoms with van der Waals surface area (Å²) in [6, 6.07) is -0.521. The quantitative estimate of drug-likeness (QED) is 0.722. The molecule has 0 aromatic rings. The first-order valence-corrected chi connectivity index (χ1v) is 5.82. The summed E-state index contributed by atoms with van der Waals surface area (Å²) in [6.07, 6.45) is 1.22. The first-order chi connectivity index (χ1) is 7.78. The summed E-state index contributed by atoms with van der Waals surface area (Å²) in [7, 11) is 0. The van der Waals surface area contributed by atoms with Crippen LogP contribution < -0.4 is 11.1 Å². The van der Waals surface area contributed by atoms with Gasteiger partial charge in [-0.3, -0.25) is 0 Å². The van der Waals surface area contributed by atoms with Crippen molar-refractivity contribution in [2.45, 2.75) is 45.3 Å². The zero-order valence-corrected chi connectivity index (χ0v) is 10.7. The fourth-order valence-electron chi connectivity index (χ4n) is 1.77. The highest BCUT2D eigenvalue weighted by molar-refractivity contribution is 5.72. The van der Waals surface area contributed by atoms with Crippen LogP contribution in [0.2, 0.25) is 0 Å². The third-order valence-corrected chi connectivity index (χ3v) is 2.45. The lowest BCUT2D eigenvalue weighted by atomic mass is 10.1. The molecule has 1 unspecified atom stereocenters. The van der Waals surface area contributed by atoms with E-state index < -0.39 is 17.7 Å². The van der Waals surface area contributed by atoms with Crippen LogP contribution in [-0.4, -0.2) is 41.8 Å². The van der Waals surface area contributed by atoms with Gasteiger partial charge in [-0.2, -0.15) is 0 Å². The summed E-state index contributed by atoms with van der Waals surface area (Å²) >= 11 is 0. The Labute approximate surface area is 101 Å². The Morgan fingerprint density at radius 3 is 2.59 bits per heavy atom. The molecular weight excluding hydrogens is 222 g/mol. The number of urea groups is 1. The molecule has 3 amide bonds. The normalized spacial score (nSPS) is 20.9. The minimum Gasteiger partial charge on any atom is -0.444 e. The SMILES string of the molecule is CC(C)(C)OC(=O)NC1CCCN(C(N)=O)C1. The van der Waals surface area contributed by atoms with Crippen LogP contribution in [0.25, 0.3) is 0 Å². The minimum absolute atomic E-state index is 0.0777. The van der Waals surface area contributed by atoms with Gasteiger partial charge in [-0.25, -0.2) is 9.59 Å². The molecule has 0 aliphatic carbocycles. The summed E-state index contributed by atoms with van der Waals surface area (Å²) in [5.41, 5.74) is 4.69. The number of ether oxygens (including phenoxy) is 1. The van der Waals surface area contributed by atoms with Crippen molar-refractivity contribution in [1.82, 2.24) is 10.2 Å². The predicted molar refractivity (Wildman–Crippen MR) is 63.5 cm³/mol. The third-order valence-electron chi connectivity index (χ3n) is 2.45. The maximum absolute atomic E-state index is 11.5.